The molecule has 0 aromatic carbocycles. The Morgan fingerprint density at radius 3 is 2.63 bits per heavy atom. The van der Waals surface area contributed by atoms with Gasteiger partial charge in [-0.25, -0.2) is 9.97 Å². The van der Waals surface area contributed by atoms with Crippen LogP contribution in [-0.4, -0.2) is 64.5 Å². The summed E-state index contributed by atoms with van der Waals surface area (Å²) in [5, 5.41) is 0. The molecule has 2 atom stereocenters. The molecule has 5 rings (SSSR count). The molecular weight excluding hydrogens is 372 g/mol. The van der Waals surface area contributed by atoms with E-state index in [4.69, 9.17) is 15.0 Å². The van der Waals surface area contributed by atoms with Gasteiger partial charge in [-0.05, 0) is 64.3 Å². The Morgan fingerprint density at radius 1 is 0.933 bits per heavy atom. The number of hydrogen-bond acceptors (Lipinski definition) is 6. The number of pyridine rings is 1. The third-order valence-corrected chi connectivity index (χ3v) is 7.12. The standard InChI is InChI=1S/C24H34N6/c1-18-26-20(17-23(27-18)29-15-13-28(2)14-16-29)21-9-3-4-12-30(21)22-10-5-7-19-8-6-11-25-24(19)22/h6,8,11,17,21-22H,3-5,7,9-10,12-16H2,1-2H3/t21-,22-/m1/s1. The van der Waals surface area contributed by atoms with Gasteiger partial charge in [0.05, 0.1) is 23.5 Å². The van der Waals surface area contributed by atoms with Gasteiger partial charge in [0.15, 0.2) is 0 Å². The number of hydrogen-bond donors (Lipinski definition) is 0. The number of piperidine rings is 1. The molecular formula is C24H34N6. The molecule has 0 saturated carbocycles. The fourth-order valence-corrected chi connectivity index (χ4v) is 5.49. The van der Waals surface area contributed by atoms with Gasteiger partial charge in [-0.2, -0.15) is 0 Å². The van der Waals surface area contributed by atoms with E-state index < -0.39 is 0 Å². The monoisotopic (exact) mass is 406 g/mol. The van der Waals surface area contributed by atoms with Gasteiger partial charge in [-0.3, -0.25) is 9.88 Å². The van der Waals surface area contributed by atoms with Crippen LogP contribution in [0.1, 0.15) is 67.0 Å². The molecule has 0 radical (unpaired) electrons. The Labute approximate surface area is 180 Å². The maximum atomic E-state index is 4.96. The van der Waals surface area contributed by atoms with E-state index in [0.717, 1.165) is 44.4 Å². The molecule has 30 heavy (non-hydrogen) atoms. The van der Waals surface area contributed by atoms with Gasteiger partial charge in [0, 0.05) is 38.4 Å². The van der Waals surface area contributed by atoms with Crippen LogP contribution >= 0.6 is 0 Å². The van der Waals surface area contributed by atoms with Crippen molar-refractivity contribution in [1.29, 1.82) is 0 Å². The molecule has 2 aliphatic heterocycles. The van der Waals surface area contributed by atoms with Gasteiger partial charge in [0.25, 0.3) is 0 Å². The van der Waals surface area contributed by atoms with Gasteiger partial charge >= 0.3 is 0 Å². The van der Waals surface area contributed by atoms with E-state index in [9.17, 15) is 0 Å². The first-order valence-electron chi connectivity index (χ1n) is 11.7. The van der Waals surface area contributed by atoms with E-state index in [-0.39, 0.29) is 0 Å². The van der Waals surface area contributed by atoms with Crippen LogP contribution in [0.15, 0.2) is 24.4 Å². The fraction of sp³-hybridized carbons (Fsp3) is 0.625. The summed E-state index contributed by atoms with van der Waals surface area (Å²) in [6.45, 7) is 7.46. The molecule has 1 aliphatic carbocycles. The minimum absolute atomic E-state index is 0.365. The quantitative estimate of drug-likeness (QED) is 0.777. The predicted molar refractivity (Wildman–Crippen MR) is 120 cm³/mol. The van der Waals surface area contributed by atoms with E-state index >= 15 is 0 Å². The number of likely N-dealkylation sites (tertiary alicyclic amines) is 1. The number of fused-ring (bicyclic) bond motifs is 1. The fourth-order valence-electron chi connectivity index (χ4n) is 5.49. The Morgan fingerprint density at radius 2 is 1.77 bits per heavy atom. The van der Waals surface area contributed by atoms with Crippen molar-refractivity contribution >= 4 is 5.82 Å². The highest BCUT2D eigenvalue weighted by atomic mass is 15.3. The average Bonchev–Trinajstić information content (AvgIpc) is 2.79. The zero-order valence-electron chi connectivity index (χ0n) is 18.4. The van der Waals surface area contributed by atoms with Gasteiger partial charge in [-0.1, -0.05) is 12.5 Å². The highest BCUT2D eigenvalue weighted by Gasteiger charge is 2.35. The van der Waals surface area contributed by atoms with Crippen LogP contribution in [0.4, 0.5) is 5.82 Å². The summed E-state index contributed by atoms with van der Waals surface area (Å²) in [6, 6.07) is 7.43. The maximum Gasteiger partial charge on any atom is 0.132 e. The number of aromatic nitrogens is 3. The van der Waals surface area contributed by atoms with E-state index in [1.165, 1.54) is 55.5 Å². The lowest BCUT2D eigenvalue weighted by atomic mass is 9.87. The van der Waals surface area contributed by atoms with E-state index in [1.807, 2.05) is 13.1 Å². The van der Waals surface area contributed by atoms with Crippen molar-refractivity contribution in [3.8, 4) is 0 Å². The number of aryl methyl sites for hydroxylation is 2. The topological polar surface area (TPSA) is 48.4 Å². The molecule has 6 nitrogen and oxygen atoms in total. The number of anilines is 1. The molecule has 0 N–H and O–H groups in total. The Hall–Kier alpha value is -2.05. The van der Waals surface area contributed by atoms with Gasteiger partial charge < -0.3 is 9.80 Å². The lowest BCUT2D eigenvalue weighted by Gasteiger charge is -2.43. The Bertz CT molecular complexity index is 876. The third kappa shape index (κ3) is 3.95. The highest BCUT2D eigenvalue weighted by molar-refractivity contribution is 5.41. The highest BCUT2D eigenvalue weighted by Crippen LogP contribution is 2.42. The van der Waals surface area contributed by atoms with Crippen molar-refractivity contribution in [3.05, 3.63) is 47.2 Å². The zero-order valence-corrected chi connectivity index (χ0v) is 18.4. The van der Waals surface area contributed by atoms with Crippen LogP contribution < -0.4 is 4.90 Å². The lowest BCUT2D eigenvalue weighted by molar-refractivity contribution is 0.0786. The summed E-state index contributed by atoms with van der Waals surface area (Å²) in [7, 11) is 2.20. The predicted octanol–water partition coefficient (Wildman–Crippen LogP) is 3.54. The van der Waals surface area contributed by atoms with Crippen LogP contribution in [0.2, 0.25) is 0 Å². The molecule has 0 spiro atoms. The molecule has 6 heteroatoms. The summed E-state index contributed by atoms with van der Waals surface area (Å²) in [5.41, 5.74) is 3.95. The summed E-state index contributed by atoms with van der Waals surface area (Å²) in [6.07, 6.45) is 9.31. The molecule has 4 heterocycles. The van der Waals surface area contributed by atoms with Crippen molar-refractivity contribution in [1.82, 2.24) is 24.8 Å². The normalized spacial score (nSPS) is 25.9. The molecule has 0 unspecified atom stereocenters. The molecule has 3 aliphatic rings. The Balaban J connectivity index is 1.45. The second kappa shape index (κ2) is 8.60. The van der Waals surface area contributed by atoms with Gasteiger partial charge in [0.1, 0.15) is 11.6 Å². The summed E-state index contributed by atoms with van der Waals surface area (Å²) in [4.78, 5) is 22.1. The summed E-state index contributed by atoms with van der Waals surface area (Å²) >= 11 is 0. The van der Waals surface area contributed by atoms with Gasteiger partial charge in [-0.15, -0.1) is 0 Å². The van der Waals surface area contributed by atoms with E-state index in [2.05, 4.69) is 39.9 Å². The molecule has 0 amide bonds. The average molecular weight is 407 g/mol. The van der Waals surface area contributed by atoms with Crippen molar-refractivity contribution in [2.45, 2.75) is 57.5 Å². The van der Waals surface area contributed by atoms with Crippen LogP contribution in [0, 0.1) is 6.92 Å². The van der Waals surface area contributed by atoms with Crippen LogP contribution in [0.3, 0.4) is 0 Å². The largest absolute Gasteiger partial charge is 0.354 e. The minimum atomic E-state index is 0.365. The molecule has 2 saturated heterocycles. The number of likely N-dealkylation sites (N-methyl/N-ethyl adjacent to an activating group) is 1. The molecule has 2 aromatic heterocycles. The van der Waals surface area contributed by atoms with Crippen LogP contribution in [-0.2, 0) is 6.42 Å². The third-order valence-electron chi connectivity index (χ3n) is 7.12. The first-order chi connectivity index (χ1) is 14.7. The van der Waals surface area contributed by atoms with E-state index in [0.29, 0.717) is 12.1 Å². The molecule has 2 fully saturated rings. The van der Waals surface area contributed by atoms with Crippen molar-refractivity contribution in [2.75, 3.05) is 44.7 Å². The molecule has 160 valence electrons. The summed E-state index contributed by atoms with van der Waals surface area (Å²) < 4.78 is 0. The first-order valence-corrected chi connectivity index (χ1v) is 11.7. The second-order valence-corrected chi connectivity index (χ2v) is 9.19. The second-order valence-electron chi connectivity index (χ2n) is 9.19. The van der Waals surface area contributed by atoms with Crippen LogP contribution in [0.5, 0.6) is 0 Å². The van der Waals surface area contributed by atoms with Crippen molar-refractivity contribution in [2.24, 2.45) is 0 Å². The van der Waals surface area contributed by atoms with Crippen LogP contribution in [0.25, 0.3) is 0 Å². The number of rotatable bonds is 3. The molecule has 2 aromatic rings. The smallest absolute Gasteiger partial charge is 0.132 e. The Kier molecular flexibility index (Phi) is 5.70. The van der Waals surface area contributed by atoms with E-state index in [1.54, 1.807) is 0 Å². The zero-order chi connectivity index (χ0) is 20.5. The maximum absolute atomic E-state index is 4.96. The van der Waals surface area contributed by atoms with Gasteiger partial charge in [0.2, 0.25) is 0 Å². The van der Waals surface area contributed by atoms with Crippen molar-refractivity contribution < 1.29 is 0 Å². The number of nitrogens with zero attached hydrogens (tertiary/aromatic N) is 6. The minimum Gasteiger partial charge on any atom is -0.354 e. The first kappa shape index (κ1) is 19.9. The van der Waals surface area contributed by atoms with Crippen molar-refractivity contribution in [3.63, 3.8) is 0 Å². The lowest BCUT2D eigenvalue weighted by Crippen LogP contribution is -2.45. The SMILES string of the molecule is Cc1nc([C@H]2CCCCN2[C@@H]2CCCc3cccnc32)cc(N2CCN(C)CC2)n1. The number of piperazine rings is 1. The molecule has 0 bridgehead atoms. The summed E-state index contributed by atoms with van der Waals surface area (Å²) in [5.74, 6) is 2.01.